The first kappa shape index (κ1) is 11.7. The summed E-state index contributed by atoms with van der Waals surface area (Å²) in [5.74, 6) is 2.33. The lowest BCUT2D eigenvalue weighted by Crippen LogP contribution is -2.50. The highest BCUT2D eigenvalue weighted by Crippen LogP contribution is 2.16. The molecule has 4 heteroatoms. The summed E-state index contributed by atoms with van der Waals surface area (Å²) in [5.41, 5.74) is -0.145. The Morgan fingerprint density at radius 3 is 2.36 bits per heavy atom. The number of hydrogen-bond acceptors (Lipinski definition) is 2. The van der Waals surface area contributed by atoms with Crippen molar-refractivity contribution in [2.24, 2.45) is 0 Å². The summed E-state index contributed by atoms with van der Waals surface area (Å²) in [4.78, 5) is 11.5. The van der Waals surface area contributed by atoms with Gasteiger partial charge in [-0.2, -0.15) is 11.8 Å². The van der Waals surface area contributed by atoms with Crippen LogP contribution in [0, 0.1) is 0 Å². The molecule has 0 unspecified atom stereocenters. The molecule has 0 spiro atoms. The van der Waals surface area contributed by atoms with Gasteiger partial charge in [0.05, 0.1) is 0 Å². The molecule has 1 heterocycles. The van der Waals surface area contributed by atoms with E-state index in [1.165, 1.54) is 11.5 Å². The lowest BCUT2D eigenvalue weighted by atomic mass is 10.1. The summed E-state index contributed by atoms with van der Waals surface area (Å²) in [7, 11) is 0. The van der Waals surface area contributed by atoms with Gasteiger partial charge in [-0.05, 0) is 45.1 Å². The van der Waals surface area contributed by atoms with Crippen molar-refractivity contribution in [2.45, 2.75) is 45.2 Å². The highest BCUT2D eigenvalue weighted by molar-refractivity contribution is 7.99. The molecule has 14 heavy (non-hydrogen) atoms. The maximum Gasteiger partial charge on any atom is 0.315 e. The molecule has 2 amide bonds. The normalized spacial score (nSPS) is 19.1. The van der Waals surface area contributed by atoms with Gasteiger partial charge in [0.25, 0.3) is 0 Å². The second kappa shape index (κ2) is 4.91. The minimum atomic E-state index is -0.145. The molecule has 0 saturated carbocycles. The van der Waals surface area contributed by atoms with E-state index in [0.717, 1.165) is 12.8 Å². The Hall–Kier alpha value is -0.380. The monoisotopic (exact) mass is 216 g/mol. The second-order valence-electron chi connectivity index (χ2n) is 4.74. The van der Waals surface area contributed by atoms with E-state index in [4.69, 9.17) is 0 Å². The Bertz CT molecular complexity index is 195. The highest BCUT2D eigenvalue weighted by Gasteiger charge is 2.18. The van der Waals surface area contributed by atoms with Crippen LogP contribution in [0.3, 0.4) is 0 Å². The van der Waals surface area contributed by atoms with Gasteiger partial charge >= 0.3 is 6.03 Å². The summed E-state index contributed by atoms with van der Waals surface area (Å²) < 4.78 is 0. The van der Waals surface area contributed by atoms with Gasteiger partial charge < -0.3 is 10.6 Å². The molecule has 1 saturated heterocycles. The summed E-state index contributed by atoms with van der Waals surface area (Å²) in [6.45, 7) is 5.97. The third-order valence-electron chi connectivity index (χ3n) is 2.05. The van der Waals surface area contributed by atoms with Crippen molar-refractivity contribution < 1.29 is 4.79 Å². The van der Waals surface area contributed by atoms with Gasteiger partial charge in [-0.3, -0.25) is 0 Å². The fraction of sp³-hybridized carbons (Fsp3) is 0.900. The number of thioether (sulfide) groups is 1. The van der Waals surface area contributed by atoms with E-state index in [2.05, 4.69) is 10.6 Å². The van der Waals surface area contributed by atoms with Crippen LogP contribution in [-0.2, 0) is 0 Å². The van der Waals surface area contributed by atoms with Crippen LogP contribution >= 0.6 is 11.8 Å². The minimum absolute atomic E-state index is 0.0330. The fourth-order valence-corrected chi connectivity index (χ4v) is 2.51. The fourth-order valence-electron chi connectivity index (χ4n) is 1.40. The van der Waals surface area contributed by atoms with Crippen molar-refractivity contribution in [3.8, 4) is 0 Å². The maximum atomic E-state index is 11.5. The number of carbonyl (C=O) groups is 1. The molecule has 0 aromatic heterocycles. The lowest BCUT2D eigenvalue weighted by Gasteiger charge is -2.26. The number of hydrogen-bond donors (Lipinski definition) is 2. The molecule has 2 N–H and O–H groups in total. The molecular weight excluding hydrogens is 196 g/mol. The zero-order valence-electron chi connectivity index (χ0n) is 9.22. The van der Waals surface area contributed by atoms with Gasteiger partial charge in [-0.25, -0.2) is 4.79 Å². The molecule has 0 aromatic carbocycles. The highest BCUT2D eigenvalue weighted by atomic mass is 32.2. The lowest BCUT2D eigenvalue weighted by molar-refractivity contribution is 0.227. The predicted octanol–water partition coefficient (Wildman–Crippen LogP) is 1.98. The average molecular weight is 216 g/mol. The van der Waals surface area contributed by atoms with E-state index in [0.29, 0.717) is 6.04 Å². The van der Waals surface area contributed by atoms with Gasteiger partial charge in [0.2, 0.25) is 0 Å². The van der Waals surface area contributed by atoms with E-state index in [1.807, 2.05) is 32.5 Å². The largest absolute Gasteiger partial charge is 0.335 e. The number of rotatable bonds is 1. The quantitative estimate of drug-likeness (QED) is 0.703. The Morgan fingerprint density at radius 1 is 1.29 bits per heavy atom. The summed E-state index contributed by atoms with van der Waals surface area (Å²) in [5, 5.41) is 5.92. The zero-order valence-corrected chi connectivity index (χ0v) is 10.0. The number of carbonyl (C=O) groups excluding carboxylic acids is 1. The number of urea groups is 1. The smallest absolute Gasteiger partial charge is 0.315 e. The number of nitrogens with one attached hydrogen (secondary N) is 2. The molecule has 0 bridgehead atoms. The van der Waals surface area contributed by atoms with Crippen molar-refractivity contribution >= 4 is 17.8 Å². The third kappa shape index (κ3) is 4.74. The molecule has 0 aliphatic carbocycles. The van der Waals surface area contributed by atoms with Gasteiger partial charge in [-0.15, -0.1) is 0 Å². The van der Waals surface area contributed by atoms with Crippen LogP contribution in [0.25, 0.3) is 0 Å². The number of amides is 2. The predicted molar refractivity (Wildman–Crippen MR) is 61.8 cm³/mol. The molecule has 1 aliphatic heterocycles. The SMILES string of the molecule is CC(C)(C)NC(=O)NC1CCSCC1. The van der Waals surface area contributed by atoms with E-state index < -0.39 is 0 Å². The molecule has 82 valence electrons. The van der Waals surface area contributed by atoms with Crippen molar-refractivity contribution in [3.63, 3.8) is 0 Å². The van der Waals surface area contributed by atoms with Crippen LogP contribution in [0.1, 0.15) is 33.6 Å². The van der Waals surface area contributed by atoms with E-state index in [-0.39, 0.29) is 11.6 Å². The van der Waals surface area contributed by atoms with Crippen LogP contribution < -0.4 is 10.6 Å². The Kier molecular flexibility index (Phi) is 4.11. The first-order chi connectivity index (χ1) is 6.47. The third-order valence-corrected chi connectivity index (χ3v) is 3.09. The summed E-state index contributed by atoms with van der Waals surface area (Å²) in [6, 6.07) is 0.341. The van der Waals surface area contributed by atoms with Crippen LogP contribution in [0.5, 0.6) is 0 Å². The second-order valence-corrected chi connectivity index (χ2v) is 5.96. The zero-order chi connectivity index (χ0) is 10.6. The summed E-state index contributed by atoms with van der Waals surface area (Å²) in [6.07, 6.45) is 2.20. The molecule has 0 aromatic rings. The van der Waals surface area contributed by atoms with Crippen LogP contribution in [0.15, 0.2) is 0 Å². The first-order valence-electron chi connectivity index (χ1n) is 5.14. The van der Waals surface area contributed by atoms with Crippen molar-refractivity contribution in [2.75, 3.05) is 11.5 Å². The van der Waals surface area contributed by atoms with Gasteiger partial charge in [0, 0.05) is 11.6 Å². The first-order valence-corrected chi connectivity index (χ1v) is 6.29. The van der Waals surface area contributed by atoms with Gasteiger partial charge in [0.15, 0.2) is 0 Å². The average Bonchev–Trinajstić information content (AvgIpc) is 2.02. The standard InChI is InChI=1S/C10H20N2OS/c1-10(2,3)12-9(13)11-8-4-6-14-7-5-8/h8H,4-7H2,1-3H3,(H2,11,12,13). The molecule has 1 fully saturated rings. The van der Waals surface area contributed by atoms with Crippen LogP contribution in [-0.4, -0.2) is 29.1 Å². The molecule has 1 aliphatic rings. The van der Waals surface area contributed by atoms with Crippen molar-refractivity contribution in [3.05, 3.63) is 0 Å². The Morgan fingerprint density at radius 2 is 1.86 bits per heavy atom. The molecule has 0 atom stereocenters. The molecular formula is C10H20N2OS. The maximum absolute atomic E-state index is 11.5. The Labute approximate surface area is 90.4 Å². The molecule has 0 radical (unpaired) electrons. The minimum Gasteiger partial charge on any atom is -0.335 e. The van der Waals surface area contributed by atoms with E-state index in [9.17, 15) is 4.79 Å². The topological polar surface area (TPSA) is 41.1 Å². The van der Waals surface area contributed by atoms with E-state index >= 15 is 0 Å². The van der Waals surface area contributed by atoms with Crippen molar-refractivity contribution in [1.29, 1.82) is 0 Å². The van der Waals surface area contributed by atoms with Crippen molar-refractivity contribution in [1.82, 2.24) is 10.6 Å². The summed E-state index contributed by atoms with van der Waals surface area (Å²) >= 11 is 1.97. The molecule has 3 nitrogen and oxygen atoms in total. The van der Waals surface area contributed by atoms with Crippen LogP contribution in [0.4, 0.5) is 4.79 Å². The van der Waals surface area contributed by atoms with Crippen LogP contribution in [0.2, 0.25) is 0 Å². The van der Waals surface area contributed by atoms with E-state index in [1.54, 1.807) is 0 Å². The molecule has 1 rings (SSSR count). The van der Waals surface area contributed by atoms with Gasteiger partial charge in [-0.1, -0.05) is 0 Å². The Balaban J connectivity index is 2.25. The van der Waals surface area contributed by atoms with Gasteiger partial charge in [0.1, 0.15) is 0 Å².